The highest BCUT2D eigenvalue weighted by Crippen LogP contribution is 2.24. The van der Waals surface area contributed by atoms with E-state index in [2.05, 4.69) is 33.8 Å². The van der Waals surface area contributed by atoms with Crippen LogP contribution in [0.3, 0.4) is 0 Å². The molecule has 0 bridgehead atoms. The molecule has 1 aromatic carbocycles. The molecule has 1 aliphatic heterocycles. The Kier molecular flexibility index (Phi) is 8.45. The molecule has 0 amide bonds. The number of rotatable bonds is 5. The van der Waals surface area contributed by atoms with E-state index in [4.69, 9.17) is 5.73 Å². The SMILES string of the molecule is CC(C)(CN=C(N)Nc1ccc(OC(F)(F)F)cc1)N1CCCCC1.I. The second-order valence-corrected chi connectivity index (χ2v) is 6.76. The van der Waals surface area contributed by atoms with Gasteiger partial charge in [-0.2, -0.15) is 0 Å². The Morgan fingerprint density at radius 2 is 1.73 bits per heavy atom. The van der Waals surface area contributed by atoms with E-state index < -0.39 is 6.36 Å². The van der Waals surface area contributed by atoms with E-state index in [1.165, 1.54) is 43.5 Å². The first-order valence-electron chi connectivity index (χ1n) is 8.33. The molecule has 0 aromatic heterocycles. The minimum Gasteiger partial charge on any atom is -0.406 e. The van der Waals surface area contributed by atoms with Gasteiger partial charge in [0, 0.05) is 11.2 Å². The van der Waals surface area contributed by atoms with Crippen LogP contribution < -0.4 is 15.8 Å². The van der Waals surface area contributed by atoms with Crippen molar-refractivity contribution in [3.63, 3.8) is 0 Å². The molecule has 0 aliphatic carbocycles. The lowest BCUT2D eigenvalue weighted by Crippen LogP contribution is -2.49. The summed E-state index contributed by atoms with van der Waals surface area (Å²) in [5.74, 6) is -0.0469. The topological polar surface area (TPSA) is 62.9 Å². The van der Waals surface area contributed by atoms with Crippen LogP contribution in [0.1, 0.15) is 33.1 Å². The van der Waals surface area contributed by atoms with Gasteiger partial charge in [-0.05, 0) is 64.0 Å². The second kappa shape index (κ2) is 9.63. The maximum absolute atomic E-state index is 12.1. The minimum atomic E-state index is -4.70. The van der Waals surface area contributed by atoms with Gasteiger partial charge in [0.05, 0.1) is 6.54 Å². The molecule has 0 unspecified atom stereocenters. The molecule has 3 N–H and O–H groups in total. The van der Waals surface area contributed by atoms with Crippen LogP contribution in [-0.4, -0.2) is 42.4 Å². The molecule has 1 aromatic rings. The Bertz CT molecular complexity index is 585. The van der Waals surface area contributed by atoms with Crippen molar-refractivity contribution < 1.29 is 17.9 Å². The zero-order chi connectivity index (χ0) is 18.5. The van der Waals surface area contributed by atoms with Gasteiger partial charge in [-0.1, -0.05) is 6.42 Å². The smallest absolute Gasteiger partial charge is 0.406 e. The van der Waals surface area contributed by atoms with Crippen molar-refractivity contribution in [2.75, 3.05) is 25.0 Å². The van der Waals surface area contributed by atoms with Crippen molar-refractivity contribution in [2.45, 2.75) is 45.0 Å². The van der Waals surface area contributed by atoms with Gasteiger partial charge in [0.25, 0.3) is 0 Å². The van der Waals surface area contributed by atoms with Crippen LogP contribution >= 0.6 is 24.0 Å². The molecule has 2 rings (SSSR count). The van der Waals surface area contributed by atoms with Gasteiger partial charge in [-0.3, -0.25) is 9.89 Å². The number of piperidine rings is 1. The Morgan fingerprint density at radius 1 is 1.15 bits per heavy atom. The Hall–Kier alpha value is -1.23. The second-order valence-electron chi connectivity index (χ2n) is 6.76. The predicted octanol–water partition coefficient (Wildman–Crippen LogP) is 4.19. The molecule has 1 aliphatic rings. The highest BCUT2D eigenvalue weighted by Gasteiger charge is 2.31. The fourth-order valence-corrected chi connectivity index (χ4v) is 2.81. The van der Waals surface area contributed by atoms with Gasteiger partial charge in [-0.15, -0.1) is 37.1 Å². The number of nitrogens with two attached hydrogens (primary N) is 1. The van der Waals surface area contributed by atoms with E-state index in [9.17, 15) is 13.2 Å². The molecule has 0 atom stereocenters. The van der Waals surface area contributed by atoms with Gasteiger partial charge >= 0.3 is 6.36 Å². The zero-order valence-corrected chi connectivity index (χ0v) is 17.3. The number of hydrogen-bond acceptors (Lipinski definition) is 3. The molecule has 1 fully saturated rings. The number of aliphatic imine (C=N–C) groups is 1. The van der Waals surface area contributed by atoms with Crippen molar-refractivity contribution >= 4 is 35.6 Å². The van der Waals surface area contributed by atoms with E-state index >= 15 is 0 Å². The number of ether oxygens (including phenoxy) is 1. The first kappa shape index (κ1) is 22.8. The van der Waals surface area contributed by atoms with Crippen molar-refractivity contribution in [3.05, 3.63) is 24.3 Å². The van der Waals surface area contributed by atoms with E-state index in [1.54, 1.807) is 0 Å². The largest absolute Gasteiger partial charge is 0.573 e. The number of hydrogen-bond donors (Lipinski definition) is 2. The average molecular weight is 486 g/mol. The van der Waals surface area contributed by atoms with Crippen molar-refractivity contribution in [3.8, 4) is 5.75 Å². The number of nitrogens with zero attached hydrogens (tertiary/aromatic N) is 2. The first-order valence-corrected chi connectivity index (χ1v) is 8.33. The van der Waals surface area contributed by atoms with Crippen LogP contribution in [0, 0.1) is 0 Å². The van der Waals surface area contributed by atoms with Crippen LogP contribution in [0.4, 0.5) is 18.9 Å². The summed E-state index contributed by atoms with van der Waals surface area (Å²) in [7, 11) is 0. The quantitative estimate of drug-likeness (QED) is 0.372. The fourth-order valence-electron chi connectivity index (χ4n) is 2.81. The van der Waals surface area contributed by atoms with E-state index in [1.807, 2.05) is 0 Å². The number of nitrogens with one attached hydrogen (secondary N) is 1. The maximum Gasteiger partial charge on any atom is 0.573 e. The highest BCUT2D eigenvalue weighted by atomic mass is 127. The summed E-state index contributed by atoms with van der Waals surface area (Å²) in [5.41, 5.74) is 6.35. The van der Waals surface area contributed by atoms with Crippen molar-refractivity contribution in [1.29, 1.82) is 0 Å². The average Bonchev–Trinajstić information content (AvgIpc) is 2.54. The lowest BCUT2D eigenvalue weighted by Gasteiger charge is -2.40. The number of likely N-dealkylation sites (tertiary alicyclic amines) is 1. The lowest BCUT2D eigenvalue weighted by molar-refractivity contribution is -0.274. The number of halogens is 4. The predicted molar refractivity (Wildman–Crippen MR) is 108 cm³/mol. The van der Waals surface area contributed by atoms with Gasteiger partial charge in [0.15, 0.2) is 5.96 Å². The van der Waals surface area contributed by atoms with E-state index in [0.29, 0.717) is 12.2 Å². The first-order chi connectivity index (χ1) is 11.7. The van der Waals surface area contributed by atoms with Gasteiger partial charge in [-0.25, -0.2) is 0 Å². The van der Waals surface area contributed by atoms with Crippen LogP contribution in [-0.2, 0) is 0 Å². The molecule has 5 nitrogen and oxygen atoms in total. The third-order valence-corrected chi connectivity index (χ3v) is 4.21. The normalized spacial score (nSPS) is 16.7. The lowest BCUT2D eigenvalue weighted by atomic mass is 9.99. The Morgan fingerprint density at radius 3 is 2.27 bits per heavy atom. The summed E-state index contributed by atoms with van der Waals surface area (Å²) >= 11 is 0. The fraction of sp³-hybridized carbons (Fsp3) is 0.588. The standard InChI is InChI=1S/C17H25F3N4O.HI/c1-16(2,24-10-4-3-5-11-24)12-22-15(21)23-13-6-8-14(9-7-13)25-17(18,19)20;/h6-9H,3-5,10-12H2,1-2H3,(H3,21,22,23);1H. The summed E-state index contributed by atoms with van der Waals surface area (Å²) < 4.78 is 40.2. The Balaban J connectivity index is 0.00000338. The molecular formula is C17H26F3IN4O. The molecule has 148 valence electrons. The summed E-state index contributed by atoms with van der Waals surface area (Å²) in [6.07, 6.45) is -1.02. The van der Waals surface area contributed by atoms with Crippen LogP contribution in [0.25, 0.3) is 0 Å². The van der Waals surface area contributed by atoms with Crippen LogP contribution in [0.15, 0.2) is 29.3 Å². The van der Waals surface area contributed by atoms with E-state index in [0.717, 1.165) is 13.1 Å². The summed E-state index contributed by atoms with van der Waals surface area (Å²) in [5, 5.41) is 2.88. The Labute approximate surface area is 169 Å². The molecule has 9 heteroatoms. The third kappa shape index (κ3) is 7.56. The molecule has 0 radical (unpaired) electrons. The summed E-state index contributed by atoms with van der Waals surface area (Å²) in [4.78, 5) is 6.79. The molecule has 0 spiro atoms. The monoisotopic (exact) mass is 486 g/mol. The van der Waals surface area contributed by atoms with Crippen LogP contribution in [0.5, 0.6) is 5.75 Å². The minimum absolute atomic E-state index is 0. The van der Waals surface area contributed by atoms with Crippen molar-refractivity contribution in [1.82, 2.24) is 4.90 Å². The molecule has 0 saturated carbocycles. The van der Waals surface area contributed by atoms with Crippen LogP contribution in [0.2, 0.25) is 0 Å². The maximum atomic E-state index is 12.1. The number of alkyl halides is 3. The van der Waals surface area contributed by atoms with Gasteiger partial charge < -0.3 is 15.8 Å². The molecule has 1 heterocycles. The highest BCUT2D eigenvalue weighted by molar-refractivity contribution is 14.0. The molecule has 26 heavy (non-hydrogen) atoms. The van der Waals surface area contributed by atoms with E-state index in [-0.39, 0.29) is 41.2 Å². The number of guanidine groups is 1. The summed E-state index contributed by atoms with van der Waals surface area (Å²) in [6, 6.07) is 5.36. The zero-order valence-electron chi connectivity index (χ0n) is 15.0. The molecular weight excluding hydrogens is 460 g/mol. The van der Waals surface area contributed by atoms with Gasteiger partial charge in [0.2, 0.25) is 0 Å². The third-order valence-electron chi connectivity index (χ3n) is 4.21. The number of benzene rings is 1. The molecule has 1 saturated heterocycles. The number of anilines is 1. The van der Waals surface area contributed by atoms with Crippen molar-refractivity contribution in [2.24, 2.45) is 10.7 Å². The summed E-state index contributed by atoms with van der Waals surface area (Å²) in [6.45, 7) is 6.95. The van der Waals surface area contributed by atoms with Gasteiger partial charge in [0.1, 0.15) is 5.75 Å².